The average Bonchev–Trinajstić information content (AvgIpc) is 2.16. The van der Waals surface area contributed by atoms with Crippen LogP contribution < -0.4 is 10.1 Å². The van der Waals surface area contributed by atoms with Crippen LogP contribution in [0.3, 0.4) is 0 Å². The van der Waals surface area contributed by atoms with E-state index in [-0.39, 0.29) is 0 Å². The highest BCUT2D eigenvalue weighted by Crippen LogP contribution is 2.07. The Bertz CT molecular complexity index is 275. The van der Waals surface area contributed by atoms with Crippen molar-refractivity contribution in [2.45, 2.75) is 6.92 Å². The summed E-state index contributed by atoms with van der Waals surface area (Å²) in [5.74, 6) is 1.15. The van der Waals surface area contributed by atoms with Gasteiger partial charge in [-0.05, 0) is 6.92 Å². The lowest BCUT2D eigenvalue weighted by Crippen LogP contribution is -2.03. The third kappa shape index (κ3) is 3.11. The molecule has 0 amide bonds. The molecule has 0 aliphatic carbocycles. The average molecular weight is 179 g/mol. The van der Waals surface area contributed by atoms with Crippen LogP contribution in [0.2, 0.25) is 0 Å². The van der Waals surface area contributed by atoms with Crippen LogP contribution in [-0.4, -0.2) is 23.1 Å². The van der Waals surface area contributed by atoms with E-state index in [1.807, 2.05) is 6.92 Å². The molecule has 13 heavy (non-hydrogen) atoms. The van der Waals surface area contributed by atoms with E-state index in [9.17, 15) is 0 Å². The molecule has 0 aliphatic heterocycles. The van der Waals surface area contributed by atoms with Gasteiger partial charge in [0.25, 0.3) is 0 Å². The maximum Gasteiger partial charge on any atom is 0.225 e. The van der Waals surface area contributed by atoms with Crippen molar-refractivity contribution in [2.24, 2.45) is 0 Å². The molecule has 0 radical (unpaired) electrons. The number of hydrogen-bond donors (Lipinski definition) is 1. The zero-order valence-corrected chi connectivity index (χ0v) is 7.66. The molecule has 4 heteroatoms. The molecule has 0 atom stereocenters. The first-order chi connectivity index (χ1) is 6.36. The number of hydrogen-bond acceptors (Lipinski definition) is 4. The first-order valence-corrected chi connectivity index (χ1v) is 4.17. The largest absolute Gasteiger partial charge is 0.473 e. The fourth-order valence-electron chi connectivity index (χ4n) is 0.810. The standard InChI is InChI=1S/C9H13N3O/c1-3-7-13-8-5-6-11-9(12-8)10-4-2/h3,5-6H,1,4,7H2,2H3,(H,10,11,12). The lowest BCUT2D eigenvalue weighted by atomic mass is 10.6. The fourth-order valence-corrected chi connectivity index (χ4v) is 0.810. The van der Waals surface area contributed by atoms with Crippen molar-refractivity contribution < 1.29 is 4.74 Å². The summed E-state index contributed by atoms with van der Waals surface area (Å²) in [6, 6.07) is 1.71. The summed E-state index contributed by atoms with van der Waals surface area (Å²) in [4.78, 5) is 8.12. The Morgan fingerprint density at radius 1 is 1.69 bits per heavy atom. The summed E-state index contributed by atoms with van der Waals surface area (Å²) in [5.41, 5.74) is 0. The van der Waals surface area contributed by atoms with E-state index in [1.54, 1.807) is 18.3 Å². The minimum absolute atomic E-state index is 0.461. The van der Waals surface area contributed by atoms with Crippen LogP contribution in [-0.2, 0) is 0 Å². The van der Waals surface area contributed by atoms with Crippen LogP contribution in [0.1, 0.15) is 6.92 Å². The molecule has 0 saturated carbocycles. The second-order valence-electron chi connectivity index (χ2n) is 2.35. The SMILES string of the molecule is C=CCOc1ccnc(NCC)n1. The summed E-state index contributed by atoms with van der Waals surface area (Å²) in [5, 5.41) is 3.00. The smallest absolute Gasteiger partial charge is 0.225 e. The zero-order valence-electron chi connectivity index (χ0n) is 7.66. The predicted octanol–water partition coefficient (Wildman–Crippen LogP) is 1.47. The Morgan fingerprint density at radius 3 is 3.23 bits per heavy atom. The molecule has 0 unspecified atom stereocenters. The minimum Gasteiger partial charge on any atom is -0.473 e. The lowest BCUT2D eigenvalue weighted by molar-refractivity contribution is 0.348. The monoisotopic (exact) mass is 179 g/mol. The van der Waals surface area contributed by atoms with Crippen molar-refractivity contribution in [1.29, 1.82) is 0 Å². The van der Waals surface area contributed by atoms with Crippen LogP contribution in [0.25, 0.3) is 0 Å². The zero-order chi connectivity index (χ0) is 9.52. The summed E-state index contributed by atoms with van der Waals surface area (Å²) < 4.78 is 5.23. The second kappa shape index (κ2) is 5.13. The highest BCUT2D eigenvalue weighted by molar-refractivity contribution is 5.26. The van der Waals surface area contributed by atoms with Crippen molar-refractivity contribution >= 4 is 5.95 Å². The maximum atomic E-state index is 5.23. The maximum absolute atomic E-state index is 5.23. The van der Waals surface area contributed by atoms with E-state index >= 15 is 0 Å². The molecule has 0 saturated heterocycles. The Labute approximate surface area is 77.7 Å². The lowest BCUT2D eigenvalue weighted by Gasteiger charge is -2.04. The number of anilines is 1. The van der Waals surface area contributed by atoms with Gasteiger partial charge in [-0.25, -0.2) is 4.98 Å². The van der Waals surface area contributed by atoms with Gasteiger partial charge in [-0.3, -0.25) is 0 Å². The highest BCUT2D eigenvalue weighted by Gasteiger charge is 1.96. The quantitative estimate of drug-likeness (QED) is 0.695. The van der Waals surface area contributed by atoms with Crippen LogP contribution in [0.5, 0.6) is 5.88 Å². The van der Waals surface area contributed by atoms with E-state index in [4.69, 9.17) is 4.74 Å². The van der Waals surface area contributed by atoms with Crippen molar-refractivity contribution in [1.82, 2.24) is 9.97 Å². The molecule has 0 aliphatic rings. The van der Waals surface area contributed by atoms with Gasteiger partial charge in [0.05, 0.1) is 0 Å². The molecule has 0 spiro atoms. The van der Waals surface area contributed by atoms with E-state index in [1.165, 1.54) is 0 Å². The van der Waals surface area contributed by atoms with Gasteiger partial charge in [0.1, 0.15) is 6.61 Å². The molecule has 4 nitrogen and oxygen atoms in total. The molecule has 1 aromatic heterocycles. The third-order valence-corrected chi connectivity index (χ3v) is 1.31. The van der Waals surface area contributed by atoms with Gasteiger partial charge in [0.15, 0.2) is 0 Å². The molecule has 1 heterocycles. The predicted molar refractivity (Wildman–Crippen MR) is 51.9 cm³/mol. The molecular formula is C9H13N3O. The van der Waals surface area contributed by atoms with Crippen LogP contribution in [0.4, 0.5) is 5.95 Å². The van der Waals surface area contributed by atoms with Crippen molar-refractivity contribution in [3.8, 4) is 5.88 Å². The summed E-state index contributed by atoms with van der Waals surface area (Å²) in [7, 11) is 0. The Morgan fingerprint density at radius 2 is 2.54 bits per heavy atom. The third-order valence-electron chi connectivity index (χ3n) is 1.31. The van der Waals surface area contributed by atoms with Gasteiger partial charge in [-0.1, -0.05) is 12.7 Å². The number of rotatable bonds is 5. The van der Waals surface area contributed by atoms with Gasteiger partial charge in [-0.15, -0.1) is 0 Å². The van der Waals surface area contributed by atoms with E-state index in [2.05, 4.69) is 21.9 Å². The summed E-state index contributed by atoms with van der Waals surface area (Å²) in [6.45, 7) is 6.79. The van der Waals surface area contributed by atoms with E-state index in [0.29, 0.717) is 18.4 Å². The van der Waals surface area contributed by atoms with Crippen molar-refractivity contribution in [3.05, 3.63) is 24.9 Å². The molecular weight excluding hydrogens is 166 g/mol. The summed E-state index contributed by atoms with van der Waals surface area (Å²) in [6.07, 6.45) is 3.33. The van der Waals surface area contributed by atoms with Gasteiger partial charge in [0.2, 0.25) is 11.8 Å². The molecule has 70 valence electrons. The highest BCUT2D eigenvalue weighted by atomic mass is 16.5. The van der Waals surface area contributed by atoms with Gasteiger partial charge in [-0.2, -0.15) is 4.98 Å². The Hall–Kier alpha value is -1.58. The Kier molecular flexibility index (Phi) is 3.75. The molecule has 1 aromatic rings. The van der Waals surface area contributed by atoms with Crippen LogP contribution in [0, 0.1) is 0 Å². The fraction of sp³-hybridized carbons (Fsp3) is 0.333. The number of aromatic nitrogens is 2. The summed E-state index contributed by atoms with van der Waals surface area (Å²) >= 11 is 0. The number of ether oxygens (including phenoxy) is 1. The normalized spacial score (nSPS) is 9.31. The van der Waals surface area contributed by atoms with Crippen molar-refractivity contribution in [3.63, 3.8) is 0 Å². The molecule has 0 fully saturated rings. The van der Waals surface area contributed by atoms with Crippen LogP contribution in [0.15, 0.2) is 24.9 Å². The molecule has 0 aromatic carbocycles. The van der Waals surface area contributed by atoms with Crippen LogP contribution >= 0.6 is 0 Å². The second-order valence-corrected chi connectivity index (χ2v) is 2.35. The number of nitrogens with zero attached hydrogens (tertiary/aromatic N) is 2. The molecule has 1 rings (SSSR count). The van der Waals surface area contributed by atoms with Gasteiger partial charge < -0.3 is 10.1 Å². The van der Waals surface area contributed by atoms with Crippen molar-refractivity contribution in [2.75, 3.05) is 18.5 Å². The van der Waals surface area contributed by atoms with E-state index < -0.39 is 0 Å². The first kappa shape index (κ1) is 9.51. The molecule has 0 bridgehead atoms. The number of nitrogens with one attached hydrogen (secondary N) is 1. The van der Waals surface area contributed by atoms with E-state index in [0.717, 1.165) is 6.54 Å². The Balaban J connectivity index is 2.61. The van der Waals surface area contributed by atoms with Gasteiger partial charge in [0, 0.05) is 18.8 Å². The van der Waals surface area contributed by atoms with Gasteiger partial charge >= 0.3 is 0 Å². The first-order valence-electron chi connectivity index (χ1n) is 4.17. The molecule has 1 N–H and O–H groups in total. The minimum atomic E-state index is 0.461. The topological polar surface area (TPSA) is 47.0 Å².